The third-order valence-corrected chi connectivity index (χ3v) is 3.98. The molecule has 2 aromatic carbocycles. The summed E-state index contributed by atoms with van der Waals surface area (Å²) in [7, 11) is 5.02. The van der Waals surface area contributed by atoms with E-state index in [1.54, 1.807) is 21.3 Å². The monoisotopic (exact) mass is 489 g/mol. The van der Waals surface area contributed by atoms with Crippen LogP contribution in [0, 0.1) is 0 Å². The van der Waals surface area contributed by atoms with Gasteiger partial charge in [0, 0.05) is 30.7 Å². The van der Waals surface area contributed by atoms with Crippen molar-refractivity contribution in [3.63, 3.8) is 0 Å². The summed E-state index contributed by atoms with van der Waals surface area (Å²) in [6, 6.07) is 13.7. The minimum absolute atomic E-state index is 0. The third kappa shape index (κ3) is 6.57. The molecule has 26 heavy (non-hydrogen) atoms. The van der Waals surface area contributed by atoms with Crippen LogP contribution in [0.4, 0.5) is 0 Å². The van der Waals surface area contributed by atoms with Gasteiger partial charge in [-0.1, -0.05) is 35.9 Å². The molecule has 2 rings (SSSR count). The van der Waals surface area contributed by atoms with Crippen molar-refractivity contribution >= 4 is 41.5 Å². The number of nitrogens with one attached hydrogen (secondary N) is 2. The van der Waals surface area contributed by atoms with E-state index < -0.39 is 0 Å². The van der Waals surface area contributed by atoms with Crippen LogP contribution in [0.2, 0.25) is 5.02 Å². The highest BCUT2D eigenvalue weighted by Crippen LogP contribution is 2.30. The fraction of sp³-hybridized carbons (Fsp3) is 0.316. The molecule has 0 bridgehead atoms. The molecule has 0 spiro atoms. The lowest BCUT2D eigenvalue weighted by atomic mass is 10.1. The minimum atomic E-state index is 0. The largest absolute Gasteiger partial charge is 0.493 e. The maximum Gasteiger partial charge on any atom is 0.191 e. The Bertz CT molecular complexity index is 726. The van der Waals surface area contributed by atoms with E-state index in [-0.39, 0.29) is 24.0 Å². The summed E-state index contributed by atoms with van der Waals surface area (Å²) >= 11 is 6.01. The number of hydrogen-bond acceptors (Lipinski definition) is 3. The van der Waals surface area contributed by atoms with Gasteiger partial charge in [0.2, 0.25) is 0 Å². The molecular formula is C19H25ClIN3O2. The highest BCUT2D eigenvalue weighted by atomic mass is 127. The van der Waals surface area contributed by atoms with E-state index in [4.69, 9.17) is 21.1 Å². The average Bonchev–Trinajstić information content (AvgIpc) is 2.64. The van der Waals surface area contributed by atoms with Crippen LogP contribution in [0.25, 0.3) is 0 Å². The number of rotatable bonds is 7. The highest BCUT2D eigenvalue weighted by Gasteiger charge is 2.09. The van der Waals surface area contributed by atoms with Gasteiger partial charge in [-0.15, -0.1) is 24.0 Å². The molecule has 0 aliphatic heterocycles. The Hall–Kier alpha value is -1.67. The van der Waals surface area contributed by atoms with Gasteiger partial charge in [0.25, 0.3) is 0 Å². The van der Waals surface area contributed by atoms with E-state index in [0.29, 0.717) is 12.3 Å². The van der Waals surface area contributed by atoms with Crippen molar-refractivity contribution in [1.29, 1.82) is 0 Å². The lowest BCUT2D eigenvalue weighted by Crippen LogP contribution is -2.37. The van der Waals surface area contributed by atoms with E-state index in [1.165, 1.54) is 5.56 Å². The molecule has 0 radical (unpaired) electrons. The maximum atomic E-state index is 6.01. The number of halogens is 2. The summed E-state index contributed by atoms with van der Waals surface area (Å²) in [5.41, 5.74) is 2.18. The molecule has 5 nitrogen and oxygen atoms in total. The fourth-order valence-electron chi connectivity index (χ4n) is 2.51. The number of hydrogen-bond donors (Lipinski definition) is 2. The minimum Gasteiger partial charge on any atom is -0.493 e. The van der Waals surface area contributed by atoms with E-state index in [2.05, 4.69) is 21.7 Å². The van der Waals surface area contributed by atoms with E-state index in [0.717, 1.165) is 35.3 Å². The summed E-state index contributed by atoms with van der Waals surface area (Å²) in [5, 5.41) is 7.34. The van der Waals surface area contributed by atoms with Gasteiger partial charge in [-0.3, -0.25) is 4.99 Å². The molecule has 0 heterocycles. The quantitative estimate of drug-likeness (QED) is 0.352. The van der Waals surface area contributed by atoms with Gasteiger partial charge >= 0.3 is 0 Å². The van der Waals surface area contributed by atoms with Crippen LogP contribution in [0.5, 0.6) is 11.5 Å². The van der Waals surface area contributed by atoms with Gasteiger partial charge in [0.1, 0.15) is 0 Å². The van der Waals surface area contributed by atoms with Gasteiger partial charge in [-0.05, 0) is 30.2 Å². The second kappa shape index (κ2) is 11.9. The van der Waals surface area contributed by atoms with Crippen LogP contribution < -0.4 is 20.1 Å². The maximum absolute atomic E-state index is 6.01. The Kier molecular flexibility index (Phi) is 10.2. The second-order valence-corrected chi connectivity index (χ2v) is 5.82. The Labute approximate surface area is 177 Å². The molecule has 0 fully saturated rings. The number of ether oxygens (including phenoxy) is 2. The van der Waals surface area contributed by atoms with Crippen molar-refractivity contribution in [1.82, 2.24) is 10.6 Å². The average molecular weight is 490 g/mol. The summed E-state index contributed by atoms with van der Waals surface area (Å²) in [4.78, 5) is 4.25. The van der Waals surface area contributed by atoms with Crippen LogP contribution >= 0.6 is 35.6 Å². The van der Waals surface area contributed by atoms with E-state index in [1.807, 2.05) is 36.4 Å². The molecule has 0 amide bonds. The van der Waals surface area contributed by atoms with E-state index >= 15 is 0 Å². The van der Waals surface area contributed by atoms with Crippen molar-refractivity contribution in [3.05, 3.63) is 58.6 Å². The zero-order valence-electron chi connectivity index (χ0n) is 15.2. The van der Waals surface area contributed by atoms with Gasteiger partial charge in [0.15, 0.2) is 17.5 Å². The van der Waals surface area contributed by atoms with Crippen molar-refractivity contribution in [2.24, 2.45) is 4.99 Å². The van der Waals surface area contributed by atoms with Crippen molar-refractivity contribution in [2.45, 2.75) is 13.0 Å². The first-order valence-corrected chi connectivity index (χ1v) is 8.44. The van der Waals surface area contributed by atoms with Crippen LogP contribution in [0.3, 0.4) is 0 Å². The number of aliphatic imine (C=N–C) groups is 1. The molecule has 7 heteroatoms. The Morgan fingerprint density at radius 2 is 1.85 bits per heavy atom. The molecule has 0 unspecified atom stereocenters. The first kappa shape index (κ1) is 22.4. The van der Waals surface area contributed by atoms with Crippen molar-refractivity contribution < 1.29 is 9.47 Å². The standard InChI is InChI=1S/C19H24ClN3O2.HI/c1-21-19(22-11-10-14-6-4-8-16(20)12-14)23-13-15-7-5-9-17(24-2)18(15)25-3;/h4-9,12H,10-11,13H2,1-3H3,(H2,21,22,23);1H. The SMILES string of the molecule is CN=C(NCCc1cccc(Cl)c1)NCc1cccc(OC)c1OC.I. The Balaban J connectivity index is 0.00000338. The first-order valence-electron chi connectivity index (χ1n) is 8.06. The molecule has 2 aromatic rings. The molecule has 2 N–H and O–H groups in total. The predicted molar refractivity (Wildman–Crippen MR) is 118 cm³/mol. The molecule has 0 aromatic heterocycles. The molecule has 0 aliphatic carbocycles. The number of benzene rings is 2. The normalized spacial score (nSPS) is 10.7. The van der Waals surface area contributed by atoms with E-state index in [9.17, 15) is 0 Å². The van der Waals surface area contributed by atoms with Gasteiger partial charge in [-0.25, -0.2) is 0 Å². The van der Waals surface area contributed by atoms with Crippen LogP contribution in [-0.2, 0) is 13.0 Å². The molecule has 0 aliphatic rings. The Morgan fingerprint density at radius 1 is 1.08 bits per heavy atom. The second-order valence-electron chi connectivity index (χ2n) is 5.39. The molecular weight excluding hydrogens is 465 g/mol. The van der Waals surface area contributed by atoms with Crippen molar-refractivity contribution in [3.8, 4) is 11.5 Å². The zero-order valence-corrected chi connectivity index (χ0v) is 18.3. The Morgan fingerprint density at radius 3 is 2.50 bits per heavy atom. The summed E-state index contributed by atoms with van der Waals surface area (Å²) in [6.45, 7) is 1.34. The highest BCUT2D eigenvalue weighted by molar-refractivity contribution is 14.0. The molecule has 0 saturated heterocycles. The molecule has 0 saturated carbocycles. The zero-order chi connectivity index (χ0) is 18.1. The number of nitrogens with zero attached hydrogens (tertiary/aromatic N) is 1. The van der Waals surface area contributed by atoms with Crippen LogP contribution in [0.1, 0.15) is 11.1 Å². The van der Waals surface area contributed by atoms with Crippen LogP contribution in [-0.4, -0.2) is 33.8 Å². The topological polar surface area (TPSA) is 54.9 Å². The first-order chi connectivity index (χ1) is 12.2. The molecule has 142 valence electrons. The van der Waals surface area contributed by atoms with Gasteiger partial charge < -0.3 is 20.1 Å². The summed E-state index contributed by atoms with van der Waals surface area (Å²) in [6.07, 6.45) is 0.865. The number of guanidine groups is 1. The van der Waals surface area contributed by atoms with Crippen molar-refractivity contribution in [2.75, 3.05) is 27.8 Å². The molecule has 0 atom stereocenters. The van der Waals surface area contributed by atoms with Crippen LogP contribution in [0.15, 0.2) is 47.5 Å². The smallest absolute Gasteiger partial charge is 0.191 e. The summed E-state index contributed by atoms with van der Waals surface area (Å²) < 4.78 is 10.8. The summed E-state index contributed by atoms with van der Waals surface area (Å²) in [5.74, 6) is 2.17. The lowest BCUT2D eigenvalue weighted by Gasteiger charge is -2.15. The number of methoxy groups -OCH3 is 2. The van der Waals surface area contributed by atoms with Gasteiger partial charge in [-0.2, -0.15) is 0 Å². The third-order valence-electron chi connectivity index (χ3n) is 3.75. The van der Waals surface area contributed by atoms with Gasteiger partial charge in [0.05, 0.1) is 14.2 Å². The predicted octanol–water partition coefficient (Wildman–Crippen LogP) is 3.88. The fourth-order valence-corrected chi connectivity index (χ4v) is 2.72. The lowest BCUT2D eigenvalue weighted by molar-refractivity contribution is 0.351. The number of para-hydroxylation sites is 1.